The Morgan fingerprint density at radius 1 is 1.45 bits per heavy atom. The fourth-order valence-corrected chi connectivity index (χ4v) is 2.27. The van der Waals surface area contributed by atoms with Crippen molar-refractivity contribution in [3.8, 4) is 0 Å². The maximum absolute atomic E-state index is 13.6. The van der Waals surface area contributed by atoms with Gasteiger partial charge in [-0.2, -0.15) is 0 Å². The van der Waals surface area contributed by atoms with Crippen LogP contribution in [0.4, 0.5) is 19.3 Å². The number of amides is 1. The van der Waals surface area contributed by atoms with E-state index in [2.05, 4.69) is 10.3 Å². The molecule has 1 aliphatic rings. The molecule has 1 saturated heterocycles. The minimum absolute atomic E-state index is 0.224. The van der Waals surface area contributed by atoms with Crippen molar-refractivity contribution in [1.82, 2.24) is 15.0 Å². The molecular weight excluding hydrogens is 294 g/mol. The van der Waals surface area contributed by atoms with E-state index in [0.717, 1.165) is 0 Å². The third-order valence-corrected chi connectivity index (χ3v) is 3.45. The van der Waals surface area contributed by atoms with Crippen molar-refractivity contribution >= 4 is 11.8 Å². The summed E-state index contributed by atoms with van der Waals surface area (Å²) >= 11 is 0. The molecule has 2 heterocycles. The summed E-state index contributed by atoms with van der Waals surface area (Å²) in [5.74, 6) is -0.377. The van der Waals surface area contributed by atoms with Crippen LogP contribution in [-0.4, -0.2) is 33.7 Å². The van der Waals surface area contributed by atoms with Crippen LogP contribution >= 0.6 is 0 Å². The second-order valence-electron chi connectivity index (χ2n) is 5.12. The maximum atomic E-state index is 13.6. The van der Waals surface area contributed by atoms with Gasteiger partial charge in [-0.15, -0.1) is 5.10 Å². The standard InChI is InChI=1S/C14H14F2N4O2/c1-9-2-3-11(4-13(9)16)20-8-12(22-14(20)21)7-19-6-10(5-15)17-18-19/h2-4,6,12H,5,7-8H2,1H3/t12-/m0/s1. The number of halogens is 2. The number of benzene rings is 1. The summed E-state index contributed by atoms with van der Waals surface area (Å²) in [6.45, 7) is 1.49. The number of hydrogen-bond donors (Lipinski definition) is 0. The van der Waals surface area contributed by atoms with Crippen molar-refractivity contribution in [2.24, 2.45) is 0 Å². The molecule has 0 bridgehead atoms. The quantitative estimate of drug-likeness (QED) is 0.869. The summed E-state index contributed by atoms with van der Waals surface area (Å²) in [5, 5.41) is 7.38. The van der Waals surface area contributed by atoms with Gasteiger partial charge in [0.1, 0.15) is 24.3 Å². The molecule has 1 aromatic carbocycles. The summed E-state index contributed by atoms with van der Waals surface area (Å²) in [4.78, 5) is 13.3. The van der Waals surface area contributed by atoms with Crippen molar-refractivity contribution in [1.29, 1.82) is 0 Å². The van der Waals surface area contributed by atoms with Gasteiger partial charge in [-0.25, -0.2) is 18.3 Å². The monoisotopic (exact) mass is 308 g/mol. The third kappa shape index (κ3) is 2.76. The Labute approximate surface area is 125 Å². The smallest absolute Gasteiger partial charge is 0.414 e. The fraction of sp³-hybridized carbons (Fsp3) is 0.357. The molecule has 1 fully saturated rings. The first-order valence-electron chi connectivity index (χ1n) is 6.76. The predicted molar refractivity (Wildman–Crippen MR) is 73.6 cm³/mol. The molecule has 1 aromatic heterocycles. The molecule has 3 rings (SSSR count). The minimum Gasteiger partial charge on any atom is -0.442 e. The molecule has 0 saturated carbocycles. The number of nitrogens with zero attached hydrogens (tertiary/aromatic N) is 4. The molecule has 0 spiro atoms. The highest BCUT2D eigenvalue weighted by Gasteiger charge is 2.33. The largest absolute Gasteiger partial charge is 0.442 e. The Bertz CT molecular complexity index is 704. The van der Waals surface area contributed by atoms with Gasteiger partial charge in [0.2, 0.25) is 0 Å². The average Bonchev–Trinajstić information content (AvgIpc) is 3.09. The van der Waals surface area contributed by atoms with E-state index < -0.39 is 18.9 Å². The Hall–Kier alpha value is -2.51. The molecule has 1 aliphatic heterocycles. The van der Waals surface area contributed by atoms with Crippen molar-refractivity contribution in [2.45, 2.75) is 26.2 Å². The first-order valence-corrected chi connectivity index (χ1v) is 6.76. The minimum atomic E-state index is -0.695. The Morgan fingerprint density at radius 3 is 2.95 bits per heavy atom. The van der Waals surface area contributed by atoms with Crippen molar-refractivity contribution in [2.75, 3.05) is 11.4 Å². The molecule has 1 atom stereocenters. The summed E-state index contributed by atoms with van der Waals surface area (Å²) in [7, 11) is 0. The van der Waals surface area contributed by atoms with Gasteiger partial charge >= 0.3 is 6.09 Å². The summed E-state index contributed by atoms with van der Waals surface area (Å²) in [5.41, 5.74) is 1.18. The van der Waals surface area contributed by atoms with E-state index in [9.17, 15) is 13.6 Å². The second kappa shape index (κ2) is 5.70. The van der Waals surface area contributed by atoms with Crippen LogP contribution in [0.15, 0.2) is 24.4 Å². The van der Waals surface area contributed by atoms with Gasteiger partial charge in [-0.05, 0) is 24.6 Å². The molecular formula is C14H14F2N4O2. The number of anilines is 1. The first-order chi connectivity index (χ1) is 10.6. The Kier molecular flexibility index (Phi) is 3.74. The van der Waals surface area contributed by atoms with E-state index in [1.54, 1.807) is 19.1 Å². The predicted octanol–water partition coefficient (Wildman–Crippen LogP) is 2.22. The lowest BCUT2D eigenvalue weighted by atomic mass is 10.2. The number of cyclic esters (lactones) is 1. The zero-order valence-electron chi connectivity index (χ0n) is 11.9. The summed E-state index contributed by atoms with van der Waals surface area (Å²) in [6, 6.07) is 4.57. The number of alkyl halides is 1. The van der Waals surface area contributed by atoms with Crippen molar-refractivity contribution in [3.05, 3.63) is 41.5 Å². The number of rotatable bonds is 4. The SMILES string of the molecule is Cc1ccc(N2C[C@H](Cn3cc(CF)nn3)OC2=O)cc1F. The zero-order valence-corrected chi connectivity index (χ0v) is 11.9. The van der Waals surface area contributed by atoms with Gasteiger partial charge < -0.3 is 4.74 Å². The lowest BCUT2D eigenvalue weighted by Gasteiger charge is -2.13. The van der Waals surface area contributed by atoms with Gasteiger partial charge in [-0.1, -0.05) is 11.3 Å². The van der Waals surface area contributed by atoms with Gasteiger partial charge in [0.15, 0.2) is 0 Å². The fourth-order valence-electron chi connectivity index (χ4n) is 2.27. The highest BCUT2D eigenvalue weighted by Crippen LogP contribution is 2.24. The number of ether oxygens (including phenoxy) is 1. The number of hydrogen-bond acceptors (Lipinski definition) is 4. The lowest BCUT2D eigenvalue weighted by Crippen LogP contribution is -2.26. The van der Waals surface area contributed by atoms with Crippen LogP contribution in [0.2, 0.25) is 0 Å². The van der Waals surface area contributed by atoms with Crippen LogP contribution in [0, 0.1) is 12.7 Å². The van der Waals surface area contributed by atoms with E-state index in [1.807, 2.05) is 0 Å². The van der Waals surface area contributed by atoms with E-state index in [0.29, 0.717) is 11.3 Å². The molecule has 116 valence electrons. The highest BCUT2D eigenvalue weighted by molar-refractivity contribution is 5.89. The molecule has 2 aromatic rings. The van der Waals surface area contributed by atoms with Gasteiger partial charge in [0, 0.05) is 0 Å². The summed E-state index contributed by atoms with van der Waals surface area (Å²) in [6.07, 6.45) is 0.465. The maximum Gasteiger partial charge on any atom is 0.414 e. The van der Waals surface area contributed by atoms with Crippen LogP contribution in [0.5, 0.6) is 0 Å². The van der Waals surface area contributed by atoms with E-state index in [-0.39, 0.29) is 24.6 Å². The van der Waals surface area contributed by atoms with Crippen molar-refractivity contribution in [3.63, 3.8) is 0 Å². The van der Waals surface area contributed by atoms with Crippen LogP contribution in [-0.2, 0) is 18.0 Å². The van der Waals surface area contributed by atoms with Gasteiger partial charge in [0.25, 0.3) is 0 Å². The number of carbonyl (C=O) groups is 1. The molecule has 0 aliphatic carbocycles. The van der Waals surface area contributed by atoms with Gasteiger partial charge in [0.05, 0.1) is 25.0 Å². The highest BCUT2D eigenvalue weighted by atomic mass is 19.1. The lowest BCUT2D eigenvalue weighted by molar-refractivity contribution is 0.129. The van der Waals surface area contributed by atoms with E-state index in [1.165, 1.54) is 21.8 Å². The molecule has 0 radical (unpaired) electrons. The first kappa shape index (κ1) is 14.4. The zero-order chi connectivity index (χ0) is 15.7. The molecule has 22 heavy (non-hydrogen) atoms. The number of carbonyl (C=O) groups excluding carboxylic acids is 1. The van der Waals surface area contributed by atoms with E-state index >= 15 is 0 Å². The molecule has 6 nitrogen and oxygen atoms in total. The summed E-state index contributed by atoms with van der Waals surface area (Å²) < 4.78 is 32.7. The van der Waals surface area contributed by atoms with Crippen LogP contribution in [0.25, 0.3) is 0 Å². The van der Waals surface area contributed by atoms with Crippen LogP contribution in [0.3, 0.4) is 0 Å². The molecule has 0 unspecified atom stereocenters. The number of aryl methyl sites for hydroxylation is 1. The third-order valence-electron chi connectivity index (χ3n) is 3.45. The molecule has 1 amide bonds. The average molecular weight is 308 g/mol. The number of aromatic nitrogens is 3. The normalized spacial score (nSPS) is 17.9. The second-order valence-corrected chi connectivity index (χ2v) is 5.12. The molecule has 0 N–H and O–H groups in total. The van der Waals surface area contributed by atoms with Crippen LogP contribution < -0.4 is 4.90 Å². The Balaban J connectivity index is 1.71. The Morgan fingerprint density at radius 2 is 2.27 bits per heavy atom. The van der Waals surface area contributed by atoms with Crippen LogP contribution in [0.1, 0.15) is 11.3 Å². The van der Waals surface area contributed by atoms with Crippen molar-refractivity contribution < 1.29 is 18.3 Å². The van der Waals surface area contributed by atoms with E-state index in [4.69, 9.17) is 4.74 Å². The molecule has 8 heteroatoms. The van der Waals surface area contributed by atoms with Gasteiger partial charge in [-0.3, -0.25) is 4.90 Å². The topological polar surface area (TPSA) is 60.3 Å².